The molecule has 1 saturated heterocycles. The summed E-state index contributed by atoms with van der Waals surface area (Å²) in [6, 6.07) is 11.4. The second kappa shape index (κ2) is 8.70. The van der Waals surface area contributed by atoms with E-state index >= 15 is 0 Å². The molecule has 27 heavy (non-hydrogen) atoms. The molecule has 144 valence electrons. The fourth-order valence-electron chi connectivity index (χ4n) is 3.12. The molecule has 0 spiro atoms. The van der Waals surface area contributed by atoms with Crippen molar-refractivity contribution in [3.63, 3.8) is 0 Å². The van der Waals surface area contributed by atoms with E-state index in [1.165, 1.54) is 0 Å². The third-order valence-corrected chi connectivity index (χ3v) is 4.49. The summed E-state index contributed by atoms with van der Waals surface area (Å²) in [6.07, 6.45) is -0.499. The minimum absolute atomic E-state index is 0.0192. The van der Waals surface area contributed by atoms with E-state index in [4.69, 9.17) is 4.74 Å². The number of anilines is 2. The third kappa shape index (κ3) is 4.87. The maximum absolute atomic E-state index is 12.7. The minimum Gasteiger partial charge on any atom is -0.481 e. The zero-order valence-electron chi connectivity index (χ0n) is 16.2. The first kappa shape index (κ1) is 18.9. The van der Waals surface area contributed by atoms with Crippen LogP contribution in [-0.4, -0.2) is 59.6 Å². The fraction of sp³-hybridized carbons (Fsp3) is 0.450. The largest absolute Gasteiger partial charge is 0.481 e. The number of carbonyl (C=O) groups excluding carboxylic acids is 1. The Kier molecular flexibility index (Phi) is 6.11. The van der Waals surface area contributed by atoms with Gasteiger partial charge in [-0.2, -0.15) is 4.98 Å². The number of aryl methyl sites for hydroxylation is 1. The van der Waals surface area contributed by atoms with Gasteiger partial charge in [0.1, 0.15) is 11.6 Å². The molecule has 0 radical (unpaired) electrons. The molecule has 0 aliphatic carbocycles. The highest BCUT2D eigenvalue weighted by molar-refractivity contribution is 5.81. The van der Waals surface area contributed by atoms with Crippen molar-refractivity contribution < 1.29 is 9.53 Å². The Labute approximate surface area is 160 Å². The monoisotopic (exact) mass is 369 g/mol. The Morgan fingerprint density at radius 3 is 2.56 bits per heavy atom. The Bertz CT molecular complexity index is 760. The van der Waals surface area contributed by atoms with Crippen LogP contribution in [0.5, 0.6) is 5.75 Å². The highest BCUT2D eigenvalue weighted by atomic mass is 16.5. The van der Waals surface area contributed by atoms with E-state index < -0.39 is 6.10 Å². The number of benzene rings is 1. The molecule has 1 atom stereocenters. The van der Waals surface area contributed by atoms with Crippen LogP contribution in [0, 0.1) is 6.92 Å². The maximum atomic E-state index is 12.7. The van der Waals surface area contributed by atoms with Crippen LogP contribution in [0.4, 0.5) is 11.8 Å². The first-order chi connectivity index (χ1) is 13.1. The summed E-state index contributed by atoms with van der Waals surface area (Å²) in [5.74, 6) is 2.28. The number of amides is 1. The number of ether oxygens (including phenoxy) is 1. The van der Waals surface area contributed by atoms with Gasteiger partial charge >= 0.3 is 0 Å². The van der Waals surface area contributed by atoms with Crippen molar-refractivity contribution in [3.05, 3.63) is 42.1 Å². The molecular weight excluding hydrogens is 342 g/mol. The van der Waals surface area contributed by atoms with Gasteiger partial charge in [-0.25, -0.2) is 4.98 Å². The van der Waals surface area contributed by atoms with E-state index in [2.05, 4.69) is 20.2 Å². The molecule has 1 amide bonds. The Hall–Kier alpha value is -2.83. The van der Waals surface area contributed by atoms with E-state index in [0.717, 1.165) is 31.1 Å². The second-order valence-corrected chi connectivity index (χ2v) is 6.61. The normalized spacial score (nSPS) is 15.4. The molecule has 1 aromatic carbocycles. The number of hydrogen-bond acceptors (Lipinski definition) is 6. The number of para-hydroxylation sites is 1. The molecule has 7 heteroatoms. The number of piperazine rings is 1. The molecule has 1 aliphatic heterocycles. The SMILES string of the molecule is CCNc1nc(C)cc(N2CCN(C(=O)[C@H](C)Oc3ccccc3)CC2)n1. The zero-order valence-corrected chi connectivity index (χ0v) is 16.2. The van der Waals surface area contributed by atoms with E-state index in [0.29, 0.717) is 24.8 Å². The lowest BCUT2D eigenvalue weighted by molar-refractivity contribution is -0.138. The molecular formula is C20H27N5O2. The van der Waals surface area contributed by atoms with Crippen LogP contribution >= 0.6 is 0 Å². The topological polar surface area (TPSA) is 70.6 Å². The van der Waals surface area contributed by atoms with Crippen molar-refractivity contribution in [2.45, 2.75) is 26.9 Å². The molecule has 0 saturated carbocycles. The number of nitrogens with zero attached hydrogens (tertiary/aromatic N) is 4. The van der Waals surface area contributed by atoms with Crippen LogP contribution in [0.1, 0.15) is 19.5 Å². The molecule has 0 unspecified atom stereocenters. The molecule has 1 fully saturated rings. The van der Waals surface area contributed by atoms with Crippen molar-refractivity contribution in [3.8, 4) is 5.75 Å². The van der Waals surface area contributed by atoms with Gasteiger partial charge < -0.3 is 19.9 Å². The van der Waals surface area contributed by atoms with Gasteiger partial charge in [0.05, 0.1) is 0 Å². The molecule has 2 heterocycles. The van der Waals surface area contributed by atoms with E-state index in [1.807, 2.05) is 55.1 Å². The molecule has 1 N–H and O–H groups in total. The highest BCUT2D eigenvalue weighted by Gasteiger charge is 2.26. The smallest absolute Gasteiger partial charge is 0.263 e. The average Bonchev–Trinajstić information content (AvgIpc) is 2.68. The highest BCUT2D eigenvalue weighted by Crippen LogP contribution is 2.18. The third-order valence-electron chi connectivity index (χ3n) is 4.49. The fourth-order valence-corrected chi connectivity index (χ4v) is 3.12. The standard InChI is InChI=1S/C20H27N5O2/c1-4-21-20-22-15(2)14-18(23-20)24-10-12-25(13-11-24)19(26)16(3)27-17-8-6-5-7-9-17/h5-9,14,16H,4,10-13H2,1-3H3,(H,21,22,23)/t16-/m0/s1. The molecule has 1 aromatic heterocycles. The van der Waals surface area contributed by atoms with Gasteiger partial charge in [0, 0.05) is 44.5 Å². The van der Waals surface area contributed by atoms with Crippen LogP contribution in [0.15, 0.2) is 36.4 Å². The molecule has 0 bridgehead atoms. The van der Waals surface area contributed by atoms with Crippen molar-refractivity contribution in [2.24, 2.45) is 0 Å². The number of aromatic nitrogens is 2. The minimum atomic E-state index is -0.499. The maximum Gasteiger partial charge on any atom is 0.263 e. The van der Waals surface area contributed by atoms with Crippen LogP contribution in [0.3, 0.4) is 0 Å². The lowest BCUT2D eigenvalue weighted by Crippen LogP contribution is -2.52. The number of rotatable bonds is 6. The van der Waals surface area contributed by atoms with Gasteiger partial charge in [-0.05, 0) is 32.9 Å². The predicted octanol–water partition coefficient (Wildman–Crippen LogP) is 2.33. The van der Waals surface area contributed by atoms with Crippen LogP contribution < -0.4 is 15.0 Å². The Morgan fingerprint density at radius 2 is 1.89 bits per heavy atom. The van der Waals surface area contributed by atoms with E-state index in [9.17, 15) is 4.79 Å². The van der Waals surface area contributed by atoms with E-state index in [-0.39, 0.29) is 5.91 Å². The second-order valence-electron chi connectivity index (χ2n) is 6.61. The molecule has 7 nitrogen and oxygen atoms in total. The summed E-state index contributed by atoms with van der Waals surface area (Å²) in [4.78, 5) is 25.7. The van der Waals surface area contributed by atoms with Crippen LogP contribution in [-0.2, 0) is 4.79 Å². The van der Waals surface area contributed by atoms with Gasteiger partial charge in [-0.3, -0.25) is 4.79 Å². The summed E-state index contributed by atoms with van der Waals surface area (Å²) in [5.41, 5.74) is 0.930. The lowest BCUT2D eigenvalue weighted by atomic mass is 10.2. The number of carbonyl (C=O) groups is 1. The first-order valence-electron chi connectivity index (χ1n) is 9.42. The van der Waals surface area contributed by atoms with Gasteiger partial charge in [-0.1, -0.05) is 18.2 Å². The van der Waals surface area contributed by atoms with Gasteiger partial charge in [0.25, 0.3) is 5.91 Å². The molecule has 2 aromatic rings. The quantitative estimate of drug-likeness (QED) is 0.843. The Balaban J connectivity index is 1.57. The van der Waals surface area contributed by atoms with Crippen molar-refractivity contribution in [1.29, 1.82) is 0 Å². The van der Waals surface area contributed by atoms with Gasteiger partial charge in [0.15, 0.2) is 6.10 Å². The van der Waals surface area contributed by atoms with Crippen molar-refractivity contribution >= 4 is 17.7 Å². The van der Waals surface area contributed by atoms with Gasteiger partial charge in [0.2, 0.25) is 5.95 Å². The van der Waals surface area contributed by atoms with Crippen LogP contribution in [0.2, 0.25) is 0 Å². The molecule has 1 aliphatic rings. The zero-order chi connectivity index (χ0) is 19.2. The van der Waals surface area contributed by atoms with Crippen LogP contribution in [0.25, 0.3) is 0 Å². The van der Waals surface area contributed by atoms with Crippen molar-refractivity contribution in [2.75, 3.05) is 42.9 Å². The lowest BCUT2D eigenvalue weighted by Gasteiger charge is -2.36. The van der Waals surface area contributed by atoms with E-state index in [1.54, 1.807) is 6.92 Å². The Morgan fingerprint density at radius 1 is 1.19 bits per heavy atom. The number of nitrogens with one attached hydrogen (secondary N) is 1. The summed E-state index contributed by atoms with van der Waals surface area (Å²) in [6.45, 7) is 9.37. The van der Waals surface area contributed by atoms with Crippen molar-refractivity contribution in [1.82, 2.24) is 14.9 Å². The predicted molar refractivity (Wildman–Crippen MR) is 106 cm³/mol. The average molecular weight is 369 g/mol. The summed E-state index contributed by atoms with van der Waals surface area (Å²) in [7, 11) is 0. The summed E-state index contributed by atoms with van der Waals surface area (Å²) in [5, 5.41) is 3.16. The summed E-state index contributed by atoms with van der Waals surface area (Å²) < 4.78 is 5.77. The number of hydrogen-bond donors (Lipinski definition) is 1. The summed E-state index contributed by atoms with van der Waals surface area (Å²) >= 11 is 0. The molecule has 3 rings (SSSR count). The van der Waals surface area contributed by atoms with Gasteiger partial charge in [-0.15, -0.1) is 0 Å². The first-order valence-corrected chi connectivity index (χ1v) is 9.42.